The average molecular weight is 2040 g/mol. The zero-order chi connectivity index (χ0) is 104. The number of halogens is 3. The van der Waals surface area contributed by atoms with E-state index in [1.165, 1.54) is 56.7 Å². The molecule has 0 saturated carbocycles. The number of hydrogen-bond acceptors (Lipinski definition) is 30. The number of phenolic OH excluding ortho intramolecular Hbond substituents is 4. The molecule has 754 valence electrons. The van der Waals surface area contributed by atoms with E-state index in [-0.39, 0.29) is 72.4 Å². The van der Waals surface area contributed by atoms with Gasteiger partial charge < -0.3 is 110 Å². The largest absolute Gasteiger partial charge is 0.534 e. The van der Waals surface area contributed by atoms with Crippen molar-refractivity contribution in [3.05, 3.63) is 415 Å². The normalized spacial score (nSPS) is 17.9. The average Bonchev–Trinajstić information content (AvgIpc) is 1.58. The monoisotopic (exact) mass is 2030 g/mol. The second kappa shape index (κ2) is 38.0. The van der Waals surface area contributed by atoms with Crippen molar-refractivity contribution in [1.82, 2.24) is 0 Å². The van der Waals surface area contributed by atoms with Gasteiger partial charge in [0.1, 0.15) is 103 Å². The maximum Gasteiger partial charge on any atom is 0.534 e. The van der Waals surface area contributed by atoms with E-state index in [0.29, 0.717) is 136 Å². The van der Waals surface area contributed by atoms with E-state index in [4.69, 9.17) is 75.8 Å². The Balaban J connectivity index is 0.000000109. The first kappa shape index (κ1) is 97.4. The summed E-state index contributed by atoms with van der Waals surface area (Å²) < 4.78 is 158. The van der Waals surface area contributed by atoms with Crippen molar-refractivity contribution in [2.75, 3.05) is 77.7 Å². The lowest BCUT2D eigenvalue weighted by Gasteiger charge is -2.37. The molecule has 15 aromatic carbocycles. The molecule has 5 spiro atoms. The lowest BCUT2D eigenvalue weighted by molar-refractivity contribution is -0.0500. The standard InChI is InChI=1S/C26H25NO5.C24H21NO4.C23H15F3O8S.C22H16O6.C20H12O5/c1-4-27(5-2)17-10-12-21-23(14-17)31-24-15-18(30-16-29-3)11-13-22(24)26(21)20-9-7-6-8-19(20)25(28)32-26;1-3-25(4-2)15-9-11-19-21(13-15)28-22-14-16(26)10-12-20(22)24(19)18-8-6-5-7-17(18)23(27)29-24;1-30-12-31-13-6-8-17-19(10-13)32-20-11-14(34-35(28,29)23(24,25)26)7-9-18(20)22(17)16-5-3-2-4-15(16)21(27)33-22;1-25-12-26-14-7-9-18-20(11-14)27-19-10-13(23)6-8-17(19)22(18)16-5-3-2-4-15(16)21(24)28-22;21-11-5-7-15-17(9-11)24-18-10-12(22)6-8-16(18)20(15)14-4-2-1-3-13(14)19(23)25-20/h6-15H,4-5,16H2,1-3H3;5-14,26H,3-4H2,1-2H3;2-11H,12H2,1H3;2-11,23H,12H2,1H3;1-10,21-22H. The molecular formula is C115H89F3N2O28S. The predicted octanol–water partition coefficient (Wildman–Crippen LogP) is 22.0. The molecule has 10 aliphatic heterocycles. The molecule has 4 unspecified atom stereocenters. The zero-order valence-electron chi connectivity index (χ0n) is 80.3. The van der Waals surface area contributed by atoms with E-state index in [1.54, 1.807) is 128 Å². The topological polar surface area (TPSA) is 364 Å². The Kier molecular flexibility index (Phi) is 24.8. The molecule has 34 heteroatoms. The molecule has 0 bridgehead atoms. The van der Waals surface area contributed by atoms with E-state index in [1.807, 2.05) is 121 Å². The smallest absolute Gasteiger partial charge is 0.508 e. The molecule has 4 N–H and O–H groups in total. The number of benzene rings is 15. The fourth-order valence-corrected chi connectivity index (χ4v) is 21.1. The summed E-state index contributed by atoms with van der Waals surface area (Å²) in [4.78, 5) is 68.2. The Labute approximate surface area is 849 Å². The lowest BCUT2D eigenvalue weighted by atomic mass is 9.77. The number of carbonyl (C=O) groups is 5. The fourth-order valence-electron chi connectivity index (χ4n) is 20.7. The highest BCUT2D eigenvalue weighted by atomic mass is 32.2. The van der Waals surface area contributed by atoms with Gasteiger partial charge in [-0.1, -0.05) is 91.0 Å². The summed E-state index contributed by atoms with van der Waals surface area (Å²) >= 11 is 0. The van der Waals surface area contributed by atoms with E-state index in [9.17, 15) is 66.0 Å². The number of alkyl halides is 3. The van der Waals surface area contributed by atoms with Gasteiger partial charge in [-0.15, -0.1) is 0 Å². The highest BCUT2D eigenvalue weighted by Crippen LogP contribution is 2.64. The quantitative estimate of drug-likeness (QED) is 0.0216. The molecule has 0 radical (unpaired) electrons. The molecule has 0 amide bonds. The molecule has 0 saturated heterocycles. The molecule has 4 atom stereocenters. The van der Waals surface area contributed by atoms with Crippen molar-refractivity contribution in [1.29, 1.82) is 0 Å². The van der Waals surface area contributed by atoms with E-state index >= 15 is 0 Å². The number of hydrogen-bond donors (Lipinski definition) is 4. The number of nitrogens with zero attached hydrogens (tertiary/aromatic N) is 2. The third kappa shape index (κ3) is 16.2. The number of carbonyl (C=O) groups excluding carboxylic acids is 5. The lowest BCUT2D eigenvalue weighted by Crippen LogP contribution is -2.33. The van der Waals surface area contributed by atoms with Crippen molar-refractivity contribution in [3.8, 4) is 103 Å². The van der Waals surface area contributed by atoms with Gasteiger partial charge in [0, 0.05) is 203 Å². The van der Waals surface area contributed by atoms with Crippen LogP contribution in [0.25, 0.3) is 0 Å². The minimum Gasteiger partial charge on any atom is -0.508 e. The zero-order valence-corrected chi connectivity index (χ0v) is 81.2. The van der Waals surface area contributed by atoms with E-state index < -0.39 is 67.3 Å². The molecule has 10 heterocycles. The van der Waals surface area contributed by atoms with Crippen molar-refractivity contribution in [2.45, 2.75) is 61.2 Å². The molecule has 0 aromatic heterocycles. The summed E-state index contributed by atoms with van der Waals surface area (Å²) in [5, 5.41) is 39.7. The molecule has 25 rings (SSSR count). The van der Waals surface area contributed by atoms with Gasteiger partial charge in [-0.2, -0.15) is 21.6 Å². The molecule has 149 heavy (non-hydrogen) atoms. The summed E-state index contributed by atoms with van der Waals surface area (Å²) in [5.41, 5.74) is 2.80. The van der Waals surface area contributed by atoms with Gasteiger partial charge in [0.25, 0.3) is 0 Å². The van der Waals surface area contributed by atoms with Crippen LogP contribution in [0.3, 0.4) is 0 Å². The van der Waals surface area contributed by atoms with Crippen LogP contribution in [0.4, 0.5) is 24.5 Å². The minimum absolute atomic E-state index is 0.0371. The molecule has 0 fully saturated rings. The SMILES string of the molecule is CCN(CC)c1ccc2c(c1)Oc1cc(O)ccc1C21OC(=O)c2ccccc21.CCN(CC)c1ccc2c(c1)Oc1cc(OCOC)ccc1C21OC(=O)c2ccccc21.COCOc1ccc2c(c1)Oc1cc(O)ccc1C21OC(=O)c2ccccc21.COCOc1ccc2c(c1)Oc1cc(OS(=O)(=O)C(F)(F)F)ccc1C21OC(=O)c2ccccc21.O=C1OC2(c3ccc(O)cc3Oc3cc(O)ccc32)c2ccccc21. The van der Waals surface area contributed by atoms with Crippen molar-refractivity contribution in [2.24, 2.45) is 0 Å². The molecular weight excluding hydrogens is 1950 g/mol. The number of methoxy groups -OCH3 is 3. The van der Waals surface area contributed by atoms with Crippen molar-refractivity contribution >= 4 is 51.3 Å². The summed E-state index contributed by atoms with van der Waals surface area (Å²) in [7, 11) is -1.37. The number of ether oxygens (including phenoxy) is 16. The van der Waals surface area contributed by atoms with Crippen molar-refractivity contribution < 1.29 is 146 Å². The van der Waals surface area contributed by atoms with Crippen LogP contribution in [0.5, 0.6) is 103 Å². The highest BCUT2D eigenvalue weighted by molar-refractivity contribution is 7.88. The summed E-state index contributed by atoms with van der Waals surface area (Å²) in [5.74, 6) is 3.08. The summed E-state index contributed by atoms with van der Waals surface area (Å²) in [6, 6.07) is 86.3. The van der Waals surface area contributed by atoms with Gasteiger partial charge in [-0.25, -0.2) is 24.0 Å². The van der Waals surface area contributed by atoms with Crippen LogP contribution in [0.2, 0.25) is 0 Å². The Bertz CT molecular complexity index is 8060. The Morgan fingerprint density at radius 3 is 0.698 bits per heavy atom. The molecule has 30 nitrogen and oxygen atoms in total. The number of fused-ring (bicyclic) bond motifs is 30. The third-order valence-electron chi connectivity index (χ3n) is 27.1. The van der Waals surface area contributed by atoms with Crippen LogP contribution >= 0.6 is 0 Å². The first-order valence-corrected chi connectivity index (χ1v) is 48.5. The molecule has 15 aromatic rings. The number of phenols is 4. The van der Waals surface area contributed by atoms with Crippen LogP contribution in [-0.2, 0) is 76.0 Å². The molecule has 0 aliphatic carbocycles. The van der Waals surface area contributed by atoms with Gasteiger partial charge in [-0.05, 0) is 179 Å². The first-order valence-electron chi connectivity index (χ1n) is 47.1. The number of rotatable bonds is 17. The van der Waals surface area contributed by atoms with Crippen LogP contribution in [0.15, 0.2) is 303 Å². The van der Waals surface area contributed by atoms with Crippen molar-refractivity contribution in [3.63, 3.8) is 0 Å². The highest BCUT2D eigenvalue weighted by Gasteiger charge is 2.60. The molecule has 10 aliphatic rings. The van der Waals surface area contributed by atoms with Gasteiger partial charge >= 0.3 is 45.5 Å². The summed E-state index contributed by atoms with van der Waals surface area (Å²) in [6.45, 7) is 12.1. The predicted molar refractivity (Wildman–Crippen MR) is 530 cm³/mol. The van der Waals surface area contributed by atoms with E-state index in [0.717, 1.165) is 83.1 Å². The Morgan fingerprint density at radius 1 is 0.268 bits per heavy atom. The summed E-state index contributed by atoms with van der Waals surface area (Å²) in [6.07, 6.45) is 0. The third-order valence-corrected chi connectivity index (χ3v) is 28.1. The van der Waals surface area contributed by atoms with Gasteiger partial charge in [0.05, 0.1) is 27.8 Å². The maximum atomic E-state index is 12.9. The second-order valence-electron chi connectivity index (χ2n) is 35.3. The Hall–Kier alpha value is -17.7. The fraction of sp³-hybridized carbons (Fsp3) is 0.174. The maximum absolute atomic E-state index is 12.9. The van der Waals surface area contributed by atoms with Gasteiger partial charge in [0.2, 0.25) is 0 Å². The van der Waals surface area contributed by atoms with Crippen LogP contribution < -0.4 is 51.9 Å². The first-order chi connectivity index (χ1) is 72.0. The minimum atomic E-state index is -5.91. The second-order valence-corrected chi connectivity index (χ2v) is 36.8. The Morgan fingerprint density at radius 2 is 0.470 bits per heavy atom. The van der Waals surface area contributed by atoms with Crippen LogP contribution in [-0.4, -0.2) is 132 Å². The van der Waals surface area contributed by atoms with Crippen LogP contribution in [0.1, 0.15) is 163 Å². The van der Waals surface area contributed by atoms with E-state index in [2.05, 4.69) is 47.7 Å². The number of anilines is 2. The van der Waals surface area contributed by atoms with Crippen LogP contribution in [0, 0.1) is 0 Å². The number of esters is 5. The van der Waals surface area contributed by atoms with Gasteiger partial charge in [-0.3, -0.25) is 0 Å². The van der Waals surface area contributed by atoms with Gasteiger partial charge in [0.15, 0.2) is 48.4 Å². The number of aromatic hydroxyl groups is 4.